The highest BCUT2D eigenvalue weighted by atomic mass is 35.5. The maximum Gasteiger partial charge on any atom is 0.233 e. The summed E-state index contributed by atoms with van der Waals surface area (Å²) in [5.74, 6) is 2.17. The van der Waals surface area contributed by atoms with Crippen molar-refractivity contribution < 1.29 is 14.3 Å². The molecule has 0 spiro atoms. The number of para-hydroxylation sites is 2. The van der Waals surface area contributed by atoms with Crippen molar-refractivity contribution in [3.8, 4) is 5.75 Å². The Labute approximate surface area is 247 Å². The second-order valence-corrected chi connectivity index (χ2v) is 11.6. The molecule has 3 heterocycles. The van der Waals surface area contributed by atoms with Crippen LogP contribution in [0.5, 0.6) is 5.75 Å². The van der Waals surface area contributed by atoms with Gasteiger partial charge in [-0.3, -0.25) is 9.59 Å². The van der Waals surface area contributed by atoms with Gasteiger partial charge in [0.05, 0.1) is 18.0 Å². The van der Waals surface area contributed by atoms with Crippen LogP contribution in [0.2, 0.25) is 5.15 Å². The second-order valence-electron chi connectivity index (χ2n) is 10.2. The zero-order valence-electron chi connectivity index (χ0n) is 23.9. The van der Waals surface area contributed by atoms with Gasteiger partial charge in [0.15, 0.2) is 5.16 Å². The predicted molar refractivity (Wildman–Crippen MR) is 162 cm³/mol. The fourth-order valence-electron chi connectivity index (χ4n) is 5.23. The molecule has 0 radical (unpaired) electrons. The lowest BCUT2D eigenvalue weighted by Gasteiger charge is -2.40. The quantitative estimate of drug-likeness (QED) is 0.163. The highest BCUT2D eigenvalue weighted by Gasteiger charge is 2.28. The Bertz CT molecular complexity index is 1150. The Morgan fingerprint density at radius 1 is 1.00 bits per heavy atom. The summed E-state index contributed by atoms with van der Waals surface area (Å²) in [4.78, 5) is 43.1. The molecule has 2 aromatic rings. The molecule has 2 fully saturated rings. The molecule has 9 nitrogen and oxygen atoms in total. The molecule has 2 amide bonds. The van der Waals surface area contributed by atoms with Gasteiger partial charge < -0.3 is 24.3 Å². The molecule has 1 aromatic carbocycles. The Morgan fingerprint density at radius 3 is 2.48 bits per heavy atom. The number of anilines is 2. The molecule has 218 valence electrons. The zero-order chi connectivity index (χ0) is 28.5. The third-order valence-corrected chi connectivity index (χ3v) is 8.42. The first-order chi connectivity index (χ1) is 19.4. The Balaban J connectivity index is 1.28. The minimum Gasteiger partial charge on any atom is -0.492 e. The fourth-order valence-corrected chi connectivity index (χ4v) is 6.21. The van der Waals surface area contributed by atoms with Crippen LogP contribution in [0.25, 0.3) is 0 Å². The van der Waals surface area contributed by atoms with Gasteiger partial charge in [-0.1, -0.05) is 55.3 Å². The first-order valence-electron chi connectivity index (χ1n) is 14.4. The summed E-state index contributed by atoms with van der Waals surface area (Å²) in [5.41, 5.74) is 1.07. The van der Waals surface area contributed by atoms with Crippen molar-refractivity contribution in [2.75, 3.05) is 68.0 Å². The molecule has 2 saturated heterocycles. The third-order valence-electron chi connectivity index (χ3n) is 7.39. The zero-order valence-corrected chi connectivity index (χ0v) is 25.4. The molecule has 1 atom stereocenters. The number of aromatic nitrogens is 2. The molecule has 1 unspecified atom stereocenters. The smallest absolute Gasteiger partial charge is 0.233 e. The van der Waals surface area contributed by atoms with Gasteiger partial charge >= 0.3 is 0 Å². The lowest BCUT2D eigenvalue weighted by Crippen LogP contribution is -2.54. The van der Waals surface area contributed by atoms with Crippen LogP contribution in [-0.2, 0) is 9.59 Å². The van der Waals surface area contributed by atoms with Crippen LogP contribution >= 0.6 is 23.4 Å². The van der Waals surface area contributed by atoms with E-state index >= 15 is 0 Å². The van der Waals surface area contributed by atoms with Crippen molar-refractivity contribution in [2.24, 2.45) is 0 Å². The number of piperazine rings is 2. The number of carbonyl (C=O) groups excluding carboxylic acids is 2. The summed E-state index contributed by atoms with van der Waals surface area (Å²) in [7, 11) is 0. The molecule has 0 bridgehead atoms. The molecule has 11 heteroatoms. The van der Waals surface area contributed by atoms with E-state index < -0.39 is 0 Å². The van der Waals surface area contributed by atoms with Gasteiger partial charge in [0.1, 0.15) is 16.7 Å². The van der Waals surface area contributed by atoms with Crippen LogP contribution in [0.15, 0.2) is 35.5 Å². The van der Waals surface area contributed by atoms with Gasteiger partial charge in [-0.05, 0) is 32.4 Å². The molecular formula is C29H41ClN6O3S. The number of carbonyl (C=O) groups is 2. The van der Waals surface area contributed by atoms with E-state index in [9.17, 15) is 9.59 Å². The van der Waals surface area contributed by atoms with E-state index in [0.717, 1.165) is 49.6 Å². The number of hydrogen-bond acceptors (Lipinski definition) is 8. The largest absolute Gasteiger partial charge is 0.492 e. The second kappa shape index (κ2) is 14.8. The number of rotatable bonds is 11. The first-order valence-corrected chi connectivity index (χ1v) is 15.7. The maximum atomic E-state index is 13.0. The highest BCUT2D eigenvalue weighted by Crippen LogP contribution is 2.29. The lowest BCUT2D eigenvalue weighted by atomic mass is 10.1. The summed E-state index contributed by atoms with van der Waals surface area (Å²) < 4.78 is 5.78. The average Bonchev–Trinajstić information content (AvgIpc) is 2.96. The number of hydrogen-bond donors (Lipinski definition) is 0. The van der Waals surface area contributed by atoms with Gasteiger partial charge in [-0.25, -0.2) is 9.97 Å². The van der Waals surface area contributed by atoms with Crippen LogP contribution in [0.3, 0.4) is 0 Å². The van der Waals surface area contributed by atoms with E-state index in [-0.39, 0.29) is 23.6 Å². The van der Waals surface area contributed by atoms with E-state index in [2.05, 4.69) is 34.7 Å². The van der Waals surface area contributed by atoms with Crippen molar-refractivity contribution in [1.29, 1.82) is 0 Å². The van der Waals surface area contributed by atoms with Crippen LogP contribution in [-0.4, -0.2) is 95.8 Å². The van der Waals surface area contributed by atoms with Crippen molar-refractivity contribution >= 4 is 46.7 Å². The summed E-state index contributed by atoms with van der Waals surface area (Å²) in [6.45, 7) is 11.7. The first kappa shape index (κ1) is 30.2. The number of thioether (sulfide) groups is 1. The Morgan fingerprint density at radius 2 is 1.75 bits per heavy atom. The van der Waals surface area contributed by atoms with Crippen molar-refractivity contribution in [2.45, 2.75) is 57.7 Å². The van der Waals surface area contributed by atoms with Gasteiger partial charge in [0.25, 0.3) is 0 Å². The molecule has 0 N–H and O–H groups in total. The monoisotopic (exact) mass is 588 g/mol. The number of unbranched alkanes of at least 4 members (excludes halogenated alkanes) is 2. The fraction of sp³-hybridized carbons (Fsp3) is 0.586. The molecule has 2 aliphatic heterocycles. The standard InChI is InChI=1S/C29H41ClN6O3S/c1-4-6-7-12-27(37)36-18-17-35(20-22(36)3)26-19-25(30)31-29(32-26)40-21-28(38)34-15-13-33(14-16-34)23-10-8-9-11-24(23)39-5-2/h8-11,19,22H,4-7,12-18,20-21H2,1-3H3. The Hall–Kier alpha value is -2.72. The topological polar surface area (TPSA) is 82.1 Å². The van der Waals surface area contributed by atoms with Crippen molar-refractivity contribution in [3.05, 3.63) is 35.5 Å². The van der Waals surface area contributed by atoms with Crippen LogP contribution in [0.1, 0.15) is 46.5 Å². The number of halogens is 1. The van der Waals surface area contributed by atoms with Crippen LogP contribution in [0.4, 0.5) is 11.5 Å². The number of nitrogens with zero attached hydrogens (tertiary/aromatic N) is 6. The minimum atomic E-state index is 0.0664. The maximum absolute atomic E-state index is 13.0. The summed E-state index contributed by atoms with van der Waals surface area (Å²) in [6.07, 6.45) is 3.75. The summed E-state index contributed by atoms with van der Waals surface area (Å²) in [5, 5.41) is 0.845. The van der Waals surface area contributed by atoms with Gasteiger partial charge in [-0.15, -0.1) is 0 Å². The predicted octanol–water partition coefficient (Wildman–Crippen LogP) is 4.59. The van der Waals surface area contributed by atoms with Crippen LogP contribution in [0, 0.1) is 0 Å². The Kier molecular flexibility index (Phi) is 11.2. The number of benzene rings is 1. The lowest BCUT2D eigenvalue weighted by molar-refractivity contribution is -0.133. The third kappa shape index (κ3) is 7.94. The molecule has 1 aromatic heterocycles. The highest BCUT2D eigenvalue weighted by molar-refractivity contribution is 7.99. The normalized spacial score (nSPS) is 17.8. The van der Waals surface area contributed by atoms with Gasteiger partial charge in [-0.2, -0.15) is 0 Å². The molecule has 0 aliphatic carbocycles. The molecule has 40 heavy (non-hydrogen) atoms. The van der Waals surface area contributed by atoms with Gasteiger partial charge in [0, 0.05) is 64.3 Å². The SMILES string of the molecule is CCCCCC(=O)N1CCN(c2cc(Cl)nc(SCC(=O)N3CCN(c4ccccc4OCC)CC3)n2)CC1C. The van der Waals surface area contributed by atoms with E-state index in [1.54, 1.807) is 6.07 Å². The van der Waals surface area contributed by atoms with Crippen molar-refractivity contribution in [3.63, 3.8) is 0 Å². The number of ether oxygens (including phenoxy) is 1. The molecule has 2 aliphatic rings. The molecule has 0 saturated carbocycles. The van der Waals surface area contributed by atoms with E-state index in [1.165, 1.54) is 11.8 Å². The summed E-state index contributed by atoms with van der Waals surface area (Å²) >= 11 is 7.68. The molecular weight excluding hydrogens is 548 g/mol. The summed E-state index contributed by atoms with van der Waals surface area (Å²) in [6, 6.07) is 9.90. The van der Waals surface area contributed by atoms with E-state index in [4.69, 9.17) is 21.3 Å². The van der Waals surface area contributed by atoms with E-state index in [1.807, 2.05) is 34.9 Å². The average molecular weight is 589 g/mol. The van der Waals surface area contributed by atoms with Gasteiger partial charge in [0.2, 0.25) is 11.8 Å². The minimum absolute atomic E-state index is 0.0664. The van der Waals surface area contributed by atoms with Crippen molar-refractivity contribution in [1.82, 2.24) is 19.8 Å². The van der Waals surface area contributed by atoms with Crippen LogP contribution < -0.4 is 14.5 Å². The van der Waals surface area contributed by atoms with E-state index in [0.29, 0.717) is 56.1 Å². The molecule has 4 rings (SSSR count). The number of amides is 2.